The Kier molecular flexibility index (Phi) is 6.14. The maximum Gasteiger partial charge on any atom is 0.336 e. The van der Waals surface area contributed by atoms with Gasteiger partial charge in [0.2, 0.25) is 0 Å². The first kappa shape index (κ1) is 19.7. The van der Waals surface area contributed by atoms with Crippen molar-refractivity contribution in [1.82, 2.24) is 5.32 Å². The van der Waals surface area contributed by atoms with E-state index in [1.165, 1.54) is 6.07 Å². The highest BCUT2D eigenvalue weighted by Crippen LogP contribution is 2.28. The summed E-state index contributed by atoms with van der Waals surface area (Å²) in [4.78, 5) is 24.1. The number of carbonyl (C=O) groups excluding carboxylic acids is 1. The van der Waals surface area contributed by atoms with Crippen LogP contribution in [0.25, 0.3) is 11.0 Å². The van der Waals surface area contributed by atoms with Gasteiger partial charge in [0, 0.05) is 17.0 Å². The predicted molar refractivity (Wildman–Crippen MR) is 110 cm³/mol. The molecule has 5 heteroatoms. The molecule has 0 aliphatic carbocycles. The second kappa shape index (κ2) is 8.74. The molecule has 3 rings (SSSR count). The number of hydrogen-bond acceptors (Lipinski definition) is 4. The van der Waals surface area contributed by atoms with Gasteiger partial charge in [-0.3, -0.25) is 4.79 Å². The Balaban J connectivity index is 1.72. The summed E-state index contributed by atoms with van der Waals surface area (Å²) in [5.41, 5.74) is 2.74. The number of nitrogens with one attached hydrogen (secondary N) is 1. The third kappa shape index (κ3) is 4.42. The van der Waals surface area contributed by atoms with Crippen molar-refractivity contribution in [2.24, 2.45) is 0 Å². The molecule has 3 aromatic rings. The van der Waals surface area contributed by atoms with E-state index in [1.807, 2.05) is 50.2 Å². The maximum atomic E-state index is 12.4. The van der Waals surface area contributed by atoms with Gasteiger partial charge in [0.05, 0.1) is 6.04 Å². The average molecular weight is 379 g/mol. The van der Waals surface area contributed by atoms with Crippen molar-refractivity contribution in [3.63, 3.8) is 0 Å². The van der Waals surface area contributed by atoms with Gasteiger partial charge in [-0.15, -0.1) is 0 Å². The van der Waals surface area contributed by atoms with Crippen LogP contribution in [0, 0.1) is 13.8 Å². The van der Waals surface area contributed by atoms with E-state index in [-0.39, 0.29) is 18.6 Å². The molecule has 1 amide bonds. The third-order valence-corrected chi connectivity index (χ3v) is 4.79. The summed E-state index contributed by atoms with van der Waals surface area (Å²) in [6, 6.07) is 15.0. The van der Waals surface area contributed by atoms with Gasteiger partial charge in [0.25, 0.3) is 5.91 Å². The molecular formula is C23H25NO4. The monoisotopic (exact) mass is 379 g/mol. The van der Waals surface area contributed by atoms with Gasteiger partial charge in [-0.1, -0.05) is 43.7 Å². The molecule has 2 aromatic carbocycles. The number of hydrogen-bond donors (Lipinski definition) is 1. The first-order valence-corrected chi connectivity index (χ1v) is 9.50. The van der Waals surface area contributed by atoms with Crippen molar-refractivity contribution in [2.75, 3.05) is 6.61 Å². The Labute approximate surface area is 164 Å². The van der Waals surface area contributed by atoms with Crippen molar-refractivity contribution < 1.29 is 13.9 Å². The molecule has 28 heavy (non-hydrogen) atoms. The van der Waals surface area contributed by atoms with Crippen LogP contribution in [-0.4, -0.2) is 12.5 Å². The van der Waals surface area contributed by atoms with Crippen molar-refractivity contribution in [3.8, 4) is 5.75 Å². The lowest BCUT2D eigenvalue weighted by Gasteiger charge is -2.19. The average Bonchev–Trinajstić information content (AvgIpc) is 2.68. The smallest absolute Gasteiger partial charge is 0.336 e. The van der Waals surface area contributed by atoms with Crippen molar-refractivity contribution in [1.29, 1.82) is 0 Å². The molecule has 0 spiro atoms. The first-order chi connectivity index (χ1) is 13.5. The molecule has 1 heterocycles. The SMILES string of the molecule is CCC[C@H](NC(=O)COc1ccc2c(C)cc(=O)oc2c1C)c1ccccc1. The molecule has 0 saturated carbocycles. The van der Waals surface area contributed by atoms with Crippen LogP contribution >= 0.6 is 0 Å². The molecule has 0 aliphatic heterocycles. The van der Waals surface area contributed by atoms with Crippen molar-refractivity contribution in [3.05, 3.63) is 75.6 Å². The van der Waals surface area contributed by atoms with Crippen molar-refractivity contribution in [2.45, 2.75) is 39.7 Å². The summed E-state index contributed by atoms with van der Waals surface area (Å²) in [6.45, 7) is 5.67. The molecule has 0 fully saturated rings. The minimum absolute atomic E-state index is 0.0410. The Morgan fingerprint density at radius 3 is 2.61 bits per heavy atom. The largest absolute Gasteiger partial charge is 0.483 e. The quantitative estimate of drug-likeness (QED) is 0.616. The Hall–Kier alpha value is -3.08. The maximum absolute atomic E-state index is 12.4. The van der Waals surface area contributed by atoms with Gasteiger partial charge in [-0.2, -0.15) is 0 Å². The second-order valence-electron chi connectivity index (χ2n) is 6.92. The van der Waals surface area contributed by atoms with Crippen LogP contribution in [0.4, 0.5) is 0 Å². The molecule has 0 unspecified atom stereocenters. The van der Waals surface area contributed by atoms with E-state index in [0.29, 0.717) is 16.9 Å². The van der Waals surface area contributed by atoms with Gasteiger partial charge >= 0.3 is 5.63 Å². The number of amides is 1. The summed E-state index contributed by atoms with van der Waals surface area (Å²) in [6.07, 6.45) is 1.82. The molecule has 1 N–H and O–H groups in total. The summed E-state index contributed by atoms with van der Waals surface area (Å²) in [5.74, 6) is 0.343. The fraction of sp³-hybridized carbons (Fsp3) is 0.304. The number of ether oxygens (including phenoxy) is 1. The lowest BCUT2D eigenvalue weighted by Crippen LogP contribution is -2.32. The Bertz CT molecular complexity index is 1020. The molecule has 146 valence electrons. The fourth-order valence-corrected chi connectivity index (χ4v) is 3.33. The Morgan fingerprint density at radius 1 is 1.14 bits per heavy atom. The van der Waals surface area contributed by atoms with Crippen LogP contribution in [0.2, 0.25) is 0 Å². The van der Waals surface area contributed by atoms with E-state index < -0.39 is 5.63 Å². The number of benzene rings is 2. The summed E-state index contributed by atoms with van der Waals surface area (Å²) in [7, 11) is 0. The van der Waals surface area contributed by atoms with E-state index in [9.17, 15) is 9.59 Å². The lowest BCUT2D eigenvalue weighted by molar-refractivity contribution is -0.123. The molecular weight excluding hydrogens is 354 g/mol. The molecule has 0 radical (unpaired) electrons. The molecule has 1 atom stereocenters. The normalized spacial score (nSPS) is 12.0. The van der Waals surface area contributed by atoms with Gasteiger partial charge in [0.1, 0.15) is 11.3 Å². The summed E-state index contributed by atoms with van der Waals surface area (Å²) in [5, 5.41) is 3.90. The van der Waals surface area contributed by atoms with E-state index in [4.69, 9.17) is 9.15 Å². The highest BCUT2D eigenvalue weighted by atomic mass is 16.5. The van der Waals surface area contributed by atoms with Gasteiger partial charge < -0.3 is 14.5 Å². The minimum atomic E-state index is -0.395. The van der Waals surface area contributed by atoms with Crippen LogP contribution in [0.1, 0.15) is 42.5 Å². The number of fused-ring (bicyclic) bond motifs is 1. The predicted octanol–water partition coefficient (Wildman–Crippen LogP) is 4.45. The molecule has 1 aromatic heterocycles. The molecule has 5 nitrogen and oxygen atoms in total. The Morgan fingerprint density at radius 2 is 1.89 bits per heavy atom. The highest BCUT2D eigenvalue weighted by molar-refractivity contribution is 5.85. The van der Waals surface area contributed by atoms with E-state index in [1.54, 1.807) is 6.07 Å². The van der Waals surface area contributed by atoms with Crippen LogP contribution in [0.3, 0.4) is 0 Å². The molecule has 0 bridgehead atoms. The third-order valence-electron chi connectivity index (χ3n) is 4.79. The zero-order valence-corrected chi connectivity index (χ0v) is 16.5. The summed E-state index contributed by atoms with van der Waals surface area (Å²) < 4.78 is 11.1. The van der Waals surface area contributed by atoms with Gasteiger partial charge in [0.15, 0.2) is 6.61 Å². The topological polar surface area (TPSA) is 68.5 Å². The van der Waals surface area contributed by atoms with E-state index in [0.717, 1.165) is 29.4 Å². The zero-order chi connectivity index (χ0) is 20.1. The van der Waals surface area contributed by atoms with E-state index in [2.05, 4.69) is 12.2 Å². The standard InChI is InChI=1S/C23H25NO4/c1-4-8-19(17-9-6-5-7-10-17)24-21(25)14-27-20-12-11-18-15(2)13-22(26)28-23(18)16(20)3/h5-7,9-13,19H,4,8,14H2,1-3H3,(H,24,25)/t19-/m0/s1. The van der Waals surface area contributed by atoms with Crippen LogP contribution in [-0.2, 0) is 4.79 Å². The lowest BCUT2D eigenvalue weighted by atomic mass is 10.0. The van der Waals surface area contributed by atoms with Gasteiger partial charge in [-0.25, -0.2) is 4.79 Å². The van der Waals surface area contributed by atoms with Crippen molar-refractivity contribution >= 4 is 16.9 Å². The number of rotatable bonds is 7. The fourth-order valence-electron chi connectivity index (χ4n) is 3.33. The van der Waals surface area contributed by atoms with Crippen LogP contribution < -0.4 is 15.7 Å². The minimum Gasteiger partial charge on any atom is -0.483 e. The van der Waals surface area contributed by atoms with E-state index >= 15 is 0 Å². The summed E-state index contributed by atoms with van der Waals surface area (Å²) >= 11 is 0. The zero-order valence-electron chi connectivity index (χ0n) is 16.5. The second-order valence-corrected chi connectivity index (χ2v) is 6.92. The van der Waals surface area contributed by atoms with Crippen LogP contribution in [0.15, 0.2) is 57.7 Å². The molecule has 0 aliphatic rings. The number of carbonyl (C=O) groups is 1. The number of aryl methyl sites for hydroxylation is 2. The first-order valence-electron chi connectivity index (χ1n) is 9.50. The highest BCUT2D eigenvalue weighted by Gasteiger charge is 2.15. The van der Waals surface area contributed by atoms with Crippen LogP contribution in [0.5, 0.6) is 5.75 Å². The van der Waals surface area contributed by atoms with Gasteiger partial charge in [-0.05, 0) is 43.5 Å². The molecule has 0 saturated heterocycles.